The predicted octanol–water partition coefficient (Wildman–Crippen LogP) is 2.81. The van der Waals surface area contributed by atoms with Crippen molar-refractivity contribution in [3.05, 3.63) is 58.7 Å². The molecule has 0 atom stereocenters. The van der Waals surface area contributed by atoms with Crippen LogP contribution in [0.4, 0.5) is 11.4 Å². The zero-order valence-electron chi connectivity index (χ0n) is 16.7. The average Bonchev–Trinajstić information content (AvgIpc) is 2.67. The van der Waals surface area contributed by atoms with E-state index < -0.39 is 28.5 Å². The monoisotopic (exact) mass is 416 g/mol. The van der Waals surface area contributed by atoms with Gasteiger partial charge in [0.25, 0.3) is 5.91 Å². The van der Waals surface area contributed by atoms with Crippen molar-refractivity contribution < 1.29 is 22.7 Å². The van der Waals surface area contributed by atoms with E-state index in [0.29, 0.717) is 36.3 Å². The summed E-state index contributed by atoms with van der Waals surface area (Å²) in [7, 11) is -3.37. The lowest BCUT2D eigenvalue weighted by molar-refractivity contribution is -0.119. The Balaban J connectivity index is 1.66. The fraction of sp³-hybridized carbons (Fsp3) is 0.333. The van der Waals surface area contributed by atoms with Gasteiger partial charge < -0.3 is 10.1 Å². The van der Waals surface area contributed by atoms with E-state index in [1.165, 1.54) is 16.6 Å². The third kappa shape index (κ3) is 4.76. The highest BCUT2D eigenvalue weighted by Crippen LogP contribution is 2.30. The van der Waals surface area contributed by atoms with E-state index >= 15 is 0 Å². The van der Waals surface area contributed by atoms with Gasteiger partial charge in [-0.05, 0) is 61.6 Å². The van der Waals surface area contributed by atoms with Gasteiger partial charge in [-0.15, -0.1) is 0 Å². The van der Waals surface area contributed by atoms with Crippen LogP contribution in [0.2, 0.25) is 0 Å². The van der Waals surface area contributed by atoms with Gasteiger partial charge >= 0.3 is 5.97 Å². The number of benzene rings is 2. The van der Waals surface area contributed by atoms with Gasteiger partial charge in [-0.1, -0.05) is 18.2 Å². The summed E-state index contributed by atoms with van der Waals surface area (Å²) in [6.07, 6.45) is 2.52. The Morgan fingerprint density at radius 1 is 1.14 bits per heavy atom. The number of hydrogen-bond acceptors (Lipinski definition) is 5. The maximum absolute atomic E-state index is 12.4. The summed E-state index contributed by atoms with van der Waals surface area (Å²) in [6.45, 7) is 3.80. The summed E-state index contributed by atoms with van der Waals surface area (Å²) in [5, 5.41) is 2.77. The second-order valence-corrected chi connectivity index (χ2v) is 9.08. The quantitative estimate of drug-likeness (QED) is 0.757. The van der Waals surface area contributed by atoms with Gasteiger partial charge in [-0.3, -0.25) is 9.10 Å². The SMILES string of the molecule is Cc1cccc(C)c1NC(=O)COC(=O)c1ccc2c(c1)CCCN2S(C)(=O)=O. The number of sulfonamides is 1. The highest BCUT2D eigenvalue weighted by atomic mass is 32.2. The normalized spacial score (nSPS) is 13.6. The van der Waals surface area contributed by atoms with Crippen LogP contribution in [0.15, 0.2) is 36.4 Å². The minimum absolute atomic E-state index is 0.291. The zero-order chi connectivity index (χ0) is 21.2. The van der Waals surface area contributed by atoms with E-state index in [2.05, 4.69) is 5.32 Å². The number of ether oxygens (including phenoxy) is 1. The van der Waals surface area contributed by atoms with Crippen LogP contribution in [0.5, 0.6) is 0 Å². The Kier molecular flexibility index (Phi) is 5.93. The lowest BCUT2D eigenvalue weighted by Gasteiger charge is -2.29. The van der Waals surface area contributed by atoms with E-state index in [1.807, 2.05) is 32.0 Å². The molecule has 1 amide bonds. The number of anilines is 2. The number of hydrogen-bond donors (Lipinski definition) is 1. The Hall–Kier alpha value is -2.87. The molecule has 1 heterocycles. The summed E-state index contributed by atoms with van der Waals surface area (Å²) in [5.74, 6) is -1.04. The lowest BCUT2D eigenvalue weighted by Crippen LogP contribution is -2.34. The second kappa shape index (κ2) is 8.24. The molecule has 7 nitrogen and oxygen atoms in total. The zero-order valence-corrected chi connectivity index (χ0v) is 17.5. The van der Waals surface area contributed by atoms with Crippen molar-refractivity contribution in [3.63, 3.8) is 0 Å². The largest absolute Gasteiger partial charge is 0.452 e. The summed E-state index contributed by atoms with van der Waals surface area (Å²) >= 11 is 0. The van der Waals surface area contributed by atoms with E-state index in [1.54, 1.807) is 12.1 Å². The minimum Gasteiger partial charge on any atom is -0.452 e. The molecular formula is C21H24N2O5S. The van der Waals surface area contributed by atoms with Crippen molar-refractivity contribution in [1.29, 1.82) is 0 Å². The maximum Gasteiger partial charge on any atom is 0.338 e. The molecule has 1 aliphatic heterocycles. The number of para-hydroxylation sites is 1. The maximum atomic E-state index is 12.4. The van der Waals surface area contributed by atoms with E-state index in [9.17, 15) is 18.0 Å². The molecule has 1 N–H and O–H groups in total. The molecule has 0 saturated heterocycles. The van der Waals surface area contributed by atoms with Crippen LogP contribution >= 0.6 is 0 Å². The number of amides is 1. The number of fused-ring (bicyclic) bond motifs is 1. The molecule has 0 bridgehead atoms. The van der Waals surface area contributed by atoms with E-state index in [0.717, 1.165) is 16.7 Å². The first-order valence-corrected chi connectivity index (χ1v) is 11.2. The van der Waals surface area contributed by atoms with Crippen molar-refractivity contribution in [3.8, 4) is 0 Å². The molecule has 0 aromatic heterocycles. The average molecular weight is 416 g/mol. The molecule has 2 aromatic rings. The first-order valence-electron chi connectivity index (χ1n) is 9.30. The molecule has 154 valence electrons. The van der Waals surface area contributed by atoms with Crippen LogP contribution < -0.4 is 9.62 Å². The number of rotatable bonds is 5. The molecule has 0 radical (unpaired) electrons. The van der Waals surface area contributed by atoms with Gasteiger partial charge in [0, 0.05) is 12.2 Å². The van der Waals surface area contributed by atoms with Gasteiger partial charge in [0.1, 0.15) is 0 Å². The number of aryl methyl sites for hydroxylation is 3. The number of nitrogens with zero attached hydrogens (tertiary/aromatic N) is 1. The molecule has 8 heteroatoms. The van der Waals surface area contributed by atoms with Gasteiger partial charge in [-0.2, -0.15) is 0 Å². The van der Waals surface area contributed by atoms with Crippen LogP contribution in [0, 0.1) is 13.8 Å². The van der Waals surface area contributed by atoms with Crippen molar-refractivity contribution in [1.82, 2.24) is 0 Å². The van der Waals surface area contributed by atoms with Crippen LogP contribution in [0.3, 0.4) is 0 Å². The molecule has 0 spiro atoms. The number of esters is 1. The van der Waals surface area contributed by atoms with Crippen molar-refractivity contribution in [2.24, 2.45) is 0 Å². The first kappa shape index (κ1) is 20.9. The van der Waals surface area contributed by atoms with Gasteiger partial charge in [0.2, 0.25) is 10.0 Å². The van der Waals surface area contributed by atoms with E-state index in [-0.39, 0.29) is 0 Å². The summed E-state index contributed by atoms with van der Waals surface area (Å²) in [4.78, 5) is 24.5. The Bertz CT molecular complexity index is 1040. The van der Waals surface area contributed by atoms with Crippen LogP contribution in [-0.4, -0.2) is 39.7 Å². The number of carbonyl (C=O) groups excluding carboxylic acids is 2. The van der Waals surface area contributed by atoms with Gasteiger partial charge in [0.15, 0.2) is 6.61 Å². The van der Waals surface area contributed by atoms with Crippen LogP contribution in [0.25, 0.3) is 0 Å². The van der Waals surface area contributed by atoms with Crippen molar-refractivity contribution in [2.45, 2.75) is 26.7 Å². The fourth-order valence-electron chi connectivity index (χ4n) is 3.44. The first-order chi connectivity index (χ1) is 13.7. The van der Waals surface area contributed by atoms with Crippen molar-refractivity contribution >= 4 is 33.3 Å². The molecule has 2 aromatic carbocycles. The van der Waals surface area contributed by atoms with Gasteiger partial charge in [-0.25, -0.2) is 13.2 Å². The molecule has 0 unspecified atom stereocenters. The predicted molar refractivity (Wildman–Crippen MR) is 112 cm³/mol. The molecular weight excluding hydrogens is 392 g/mol. The van der Waals surface area contributed by atoms with Crippen LogP contribution in [-0.2, 0) is 26.0 Å². The third-order valence-corrected chi connectivity index (χ3v) is 6.05. The minimum atomic E-state index is -3.37. The highest BCUT2D eigenvalue weighted by molar-refractivity contribution is 7.92. The summed E-state index contributed by atoms with van der Waals surface area (Å²) < 4.78 is 30.4. The fourth-order valence-corrected chi connectivity index (χ4v) is 4.43. The second-order valence-electron chi connectivity index (χ2n) is 7.17. The number of carbonyl (C=O) groups is 2. The molecule has 0 fully saturated rings. The highest BCUT2D eigenvalue weighted by Gasteiger charge is 2.25. The summed E-state index contributed by atoms with van der Waals surface area (Å²) in [5.41, 5.74) is 4.21. The van der Waals surface area contributed by atoms with Crippen LogP contribution in [0.1, 0.15) is 33.5 Å². The summed E-state index contributed by atoms with van der Waals surface area (Å²) in [6, 6.07) is 10.5. The standard InChI is InChI=1S/C21H24N2O5S/c1-14-6-4-7-15(2)20(14)22-19(24)13-28-21(25)17-9-10-18-16(12-17)8-5-11-23(18)29(3,26)27/h4,6-7,9-10,12H,5,8,11,13H2,1-3H3,(H,22,24). The molecule has 0 aliphatic carbocycles. The van der Waals surface area contributed by atoms with Gasteiger partial charge in [0.05, 0.1) is 17.5 Å². The van der Waals surface area contributed by atoms with Crippen molar-refractivity contribution in [2.75, 3.05) is 29.0 Å². The topological polar surface area (TPSA) is 92.8 Å². The Labute approximate surface area is 170 Å². The molecule has 29 heavy (non-hydrogen) atoms. The molecule has 3 rings (SSSR count). The lowest BCUT2D eigenvalue weighted by atomic mass is 10.0. The third-order valence-electron chi connectivity index (χ3n) is 4.87. The van der Waals surface area contributed by atoms with E-state index in [4.69, 9.17) is 4.74 Å². The molecule has 0 saturated carbocycles. The smallest absolute Gasteiger partial charge is 0.338 e. The number of nitrogens with one attached hydrogen (secondary N) is 1. The Morgan fingerprint density at radius 2 is 1.83 bits per heavy atom. The molecule has 1 aliphatic rings. The Morgan fingerprint density at radius 3 is 2.48 bits per heavy atom.